The maximum absolute atomic E-state index is 11.9. The summed E-state index contributed by atoms with van der Waals surface area (Å²) in [6, 6.07) is 0. The molecule has 0 atom stereocenters. The van der Waals surface area contributed by atoms with Crippen LogP contribution in [-0.2, 0) is 23.8 Å². The number of ether oxygens (including phenoxy) is 3. The van der Waals surface area contributed by atoms with E-state index in [-0.39, 0.29) is 25.0 Å². The van der Waals surface area contributed by atoms with Gasteiger partial charge in [0.05, 0.1) is 19.8 Å². The second-order valence-electron chi connectivity index (χ2n) is 5.51. The molecule has 7 heteroatoms. The zero-order chi connectivity index (χ0) is 16.2. The molecule has 1 heterocycles. The molecule has 0 aromatic carbocycles. The summed E-state index contributed by atoms with van der Waals surface area (Å²) in [5.41, 5.74) is 0. The van der Waals surface area contributed by atoms with Crippen LogP contribution in [0.1, 0.15) is 19.8 Å². The smallest absolute Gasteiger partial charge is 0.248 e. The second-order valence-corrected chi connectivity index (χ2v) is 5.51. The number of carbonyl (C=O) groups excluding carboxylic acids is 2. The third kappa shape index (κ3) is 8.31. The summed E-state index contributed by atoms with van der Waals surface area (Å²) >= 11 is 0. The fourth-order valence-corrected chi connectivity index (χ4v) is 2.17. The van der Waals surface area contributed by atoms with Gasteiger partial charge >= 0.3 is 0 Å². The van der Waals surface area contributed by atoms with Crippen LogP contribution in [0.25, 0.3) is 0 Å². The zero-order valence-electron chi connectivity index (χ0n) is 13.6. The summed E-state index contributed by atoms with van der Waals surface area (Å²) in [6.07, 6.45) is 2.15. The molecule has 0 saturated carbocycles. The normalized spacial score (nSPS) is 15.8. The minimum Gasteiger partial charge on any atom is -0.377 e. The Labute approximate surface area is 132 Å². The lowest BCUT2D eigenvalue weighted by Gasteiger charge is -2.30. The van der Waals surface area contributed by atoms with Gasteiger partial charge in [0, 0.05) is 26.7 Å². The number of methoxy groups -OCH3 is 1. The molecule has 2 amide bonds. The molecule has 1 saturated heterocycles. The van der Waals surface area contributed by atoms with Gasteiger partial charge in [0.15, 0.2) is 0 Å². The summed E-state index contributed by atoms with van der Waals surface area (Å²) in [7, 11) is 1.47. The second kappa shape index (κ2) is 11.4. The molecule has 22 heavy (non-hydrogen) atoms. The molecule has 0 aliphatic carbocycles. The van der Waals surface area contributed by atoms with Crippen LogP contribution in [0, 0.1) is 5.92 Å². The molecular formula is C15H28N2O5. The molecule has 1 aliphatic rings. The van der Waals surface area contributed by atoms with E-state index < -0.39 is 0 Å². The quantitative estimate of drug-likeness (QED) is 0.576. The van der Waals surface area contributed by atoms with Gasteiger partial charge in [-0.2, -0.15) is 0 Å². The summed E-state index contributed by atoms with van der Waals surface area (Å²) in [5, 5.41) is 2.65. The van der Waals surface area contributed by atoms with Crippen LogP contribution in [0.2, 0.25) is 0 Å². The van der Waals surface area contributed by atoms with Gasteiger partial charge in [0.1, 0.15) is 13.2 Å². The van der Waals surface area contributed by atoms with Gasteiger partial charge in [-0.25, -0.2) is 0 Å². The lowest BCUT2D eigenvalue weighted by molar-refractivity contribution is -0.138. The Hall–Kier alpha value is -1.18. The average Bonchev–Trinajstić information content (AvgIpc) is 2.50. The Morgan fingerprint density at radius 1 is 1.09 bits per heavy atom. The highest BCUT2D eigenvalue weighted by Gasteiger charge is 2.19. The van der Waals surface area contributed by atoms with Crippen molar-refractivity contribution in [3.05, 3.63) is 0 Å². The van der Waals surface area contributed by atoms with Crippen LogP contribution in [-0.4, -0.2) is 76.5 Å². The van der Waals surface area contributed by atoms with Crippen LogP contribution < -0.4 is 5.32 Å². The minimum absolute atomic E-state index is 0.0544. The van der Waals surface area contributed by atoms with E-state index in [2.05, 4.69) is 17.0 Å². The minimum atomic E-state index is -0.163. The number of nitrogens with one attached hydrogen (secondary N) is 1. The predicted molar refractivity (Wildman–Crippen MR) is 81.5 cm³/mol. The predicted octanol–water partition coefficient (Wildman–Crippen LogP) is 0.0407. The van der Waals surface area contributed by atoms with Gasteiger partial charge in [0.2, 0.25) is 11.8 Å². The number of likely N-dealkylation sites (tertiary alicyclic amines) is 1. The number of hydrogen-bond acceptors (Lipinski definition) is 5. The fraction of sp³-hybridized carbons (Fsp3) is 0.867. The maximum Gasteiger partial charge on any atom is 0.248 e. The van der Waals surface area contributed by atoms with E-state index in [4.69, 9.17) is 9.47 Å². The van der Waals surface area contributed by atoms with Crippen molar-refractivity contribution < 1.29 is 23.8 Å². The average molecular weight is 316 g/mol. The SMILES string of the molecule is COCC(=O)NCCOCCOCC(=O)N1CCC(C)CC1. The van der Waals surface area contributed by atoms with Crippen molar-refractivity contribution in [3.8, 4) is 0 Å². The van der Waals surface area contributed by atoms with E-state index in [1.165, 1.54) is 7.11 Å². The van der Waals surface area contributed by atoms with Crippen LogP contribution in [0.5, 0.6) is 0 Å². The van der Waals surface area contributed by atoms with E-state index in [0.717, 1.165) is 25.9 Å². The van der Waals surface area contributed by atoms with Crippen molar-refractivity contribution in [1.29, 1.82) is 0 Å². The molecule has 0 bridgehead atoms. The highest BCUT2D eigenvalue weighted by molar-refractivity contribution is 5.77. The topological polar surface area (TPSA) is 77.1 Å². The van der Waals surface area contributed by atoms with Gasteiger partial charge in [-0.05, 0) is 18.8 Å². The number of piperidine rings is 1. The van der Waals surface area contributed by atoms with Crippen molar-refractivity contribution >= 4 is 11.8 Å². The largest absolute Gasteiger partial charge is 0.377 e. The molecule has 128 valence electrons. The first-order chi connectivity index (χ1) is 10.6. The van der Waals surface area contributed by atoms with Gasteiger partial charge in [-0.1, -0.05) is 6.92 Å². The molecule has 0 radical (unpaired) electrons. The Kier molecular flexibility index (Phi) is 9.77. The molecule has 1 N–H and O–H groups in total. The molecule has 1 aliphatic heterocycles. The third-order valence-electron chi connectivity index (χ3n) is 3.58. The first-order valence-electron chi connectivity index (χ1n) is 7.82. The van der Waals surface area contributed by atoms with Crippen molar-refractivity contribution in [1.82, 2.24) is 10.2 Å². The number of amides is 2. The van der Waals surface area contributed by atoms with E-state index >= 15 is 0 Å². The summed E-state index contributed by atoms with van der Waals surface area (Å²) < 4.78 is 15.3. The Balaban J connectivity index is 1.91. The van der Waals surface area contributed by atoms with E-state index in [0.29, 0.717) is 32.3 Å². The van der Waals surface area contributed by atoms with Crippen molar-refractivity contribution in [2.45, 2.75) is 19.8 Å². The van der Waals surface area contributed by atoms with Crippen LogP contribution in [0.4, 0.5) is 0 Å². The Bertz CT molecular complexity index is 330. The van der Waals surface area contributed by atoms with Crippen LogP contribution in [0.15, 0.2) is 0 Å². The van der Waals surface area contributed by atoms with Crippen LogP contribution >= 0.6 is 0 Å². The van der Waals surface area contributed by atoms with Gasteiger partial charge in [-0.15, -0.1) is 0 Å². The maximum atomic E-state index is 11.9. The molecule has 1 fully saturated rings. The van der Waals surface area contributed by atoms with Crippen molar-refractivity contribution in [2.75, 3.05) is 59.8 Å². The first kappa shape index (κ1) is 18.9. The highest BCUT2D eigenvalue weighted by Crippen LogP contribution is 2.15. The molecule has 0 aromatic heterocycles. The van der Waals surface area contributed by atoms with Crippen molar-refractivity contribution in [3.63, 3.8) is 0 Å². The number of carbonyl (C=O) groups is 2. The number of nitrogens with zero attached hydrogens (tertiary/aromatic N) is 1. The van der Waals surface area contributed by atoms with Crippen molar-refractivity contribution in [2.24, 2.45) is 5.92 Å². The van der Waals surface area contributed by atoms with Gasteiger partial charge in [0.25, 0.3) is 0 Å². The van der Waals surface area contributed by atoms with E-state index in [1.807, 2.05) is 4.90 Å². The molecular weight excluding hydrogens is 288 g/mol. The fourth-order valence-electron chi connectivity index (χ4n) is 2.17. The monoisotopic (exact) mass is 316 g/mol. The summed E-state index contributed by atoms with van der Waals surface area (Å²) in [5.74, 6) is 0.602. The van der Waals surface area contributed by atoms with Gasteiger partial charge < -0.3 is 24.4 Å². The Morgan fingerprint density at radius 2 is 1.77 bits per heavy atom. The molecule has 0 aromatic rings. The molecule has 0 unspecified atom stereocenters. The van der Waals surface area contributed by atoms with E-state index in [1.54, 1.807) is 0 Å². The lowest BCUT2D eigenvalue weighted by atomic mass is 9.99. The Morgan fingerprint density at radius 3 is 2.45 bits per heavy atom. The lowest BCUT2D eigenvalue weighted by Crippen LogP contribution is -2.40. The third-order valence-corrected chi connectivity index (χ3v) is 3.58. The standard InChI is InChI=1S/C15H28N2O5/c1-13-3-6-17(7-4-13)15(19)12-22-10-9-21-8-5-16-14(18)11-20-2/h13H,3-12H2,1-2H3,(H,16,18). The van der Waals surface area contributed by atoms with E-state index in [9.17, 15) is 9.59 Å². The first-order valence-corrected chi connectivity index (χ1v) is 7.82. The highest BCUT2D eigenvalue weighted by atomic mass is 16.5. The van der Waals surface area contributed by atoms with Crippen LogP contribution in [0.3, 0.4) is 0 Å². The summed E-state index contributed by atoms with van der Waals surface area (Å²) in [4.78, 5) is 24.8. The summed E-state index contributed by atoms with van der Waals surface area (Å²) in [6.45, 7) is 5.69. The van der Waals surface area contributed by atoms with Gasteiger partial charge in [-0.3, -0.25) is 9.59 Å². The molecule has 7 nitrogen and oxygen atoms in total. The zero-order valence-corrected chi connectivity index (χ0v) is 13.6. The number of hydrogen-bond donors (Lipinski definition) is 1. The number of rotatable bonds is 10. The molecule has 1 rings (SSSR count). The molecule has 0 spiro atoms.